The van der Waals surface area contributed by atoms with Gasteiger partial charge in [-0.25, -0.2) is 4.39 Å². The normalized spacial score (nSPS) is 12.1. The van der Waals surface area contributed by atoms with Crippen LogP contribution in [0.1, 0.15) is 17.3 Å². The van der Waals surface area contributed by atoms with E-state index in [0.29, 0.717) is 5.56 Å². The van der Waals surface area contributed by atoms with E-state index in [-0.39, 0.29) is 5.75 Å². The molecule has 3 heteroatoms. The first-order chi connectivity index (χ1) is 9.16. The smallest absolute Gasteiger partial charge is 0.184 e. The van der Waals surface area contributed by atoms with Gasteiger partial charge in [-0.3, -0.25) is 4.79 Å². The summed E-state index contributed by atoms with van der Waals surface area (Å²) in [6.07, 6.45) is -1.53. The molecule has 0 aliphatic heterocycles. The van der Waals surface area contributed by atoms with Crippen LogP contribution >= 0.6 is 11.8 Å². The Balaban J connectivity index is 1.93. The van der Waals surface area contributed by atoms with Gasteiger partial charge in [0.1, 0.15) is 0 Å². The maximum atomic E-state index is 13.9. The Bertz CT molecular complexity index is 536. The molecule has 1 atom stereocenters. The van der Waals surface area contributed by atoms with Crippen LogP contribution in [0.25, 0.3) is 0 Å². The molecule has 0 aromatic heterocycles. The molecule has 0 fully saturated rings. The summed E-state index contributed by atoms with van der Waals surface area (Å²) < 4.78 is 13.9. The molecule has 0 saturated heterocycles. The molecule has 0 N–H and O–H groups in total. The fourth-order valence-electron chi connectivity index (χ4n) is 1.67. The molecule has 0 amide bonds. The summed E-state index contributed by atoms with van der Waals surface area (Å²) in [5.74, 6) is -0.240. The predicted octanol–water partition coefficient (Wildman–Crippen LogP) is 4.37. The molecule has 2 aromatic rings. The molecule has 0 heterocycles. The highest BCUT2D eigenvalue weighted by molar-refractivity contribution is 8.00. The number of carbonyl (C=O) groups is 1. The standard InChI is InChI=1S/C16H15FOS/c1-12-7-9-14(10-8-12)19-11-15(18)16(17)13-5-3-2-4-6-13/h2-10,16H,11H2,1H3. The topological polar surface area (TPSA) is 17.1 Å². The van der Waals surface area contributed by atoms with Crippen molar-refractivity contribution < 1.29 is 9.18 Å². The molecule has 1 nitrogen and oxygen atoms in total. The second kappa shape index (κ2) is 6.53. The number of thioether (sulfide) groups is 1. The summed E-state index contributed by atoms with van der Waals surface area (Å²) in [4.78, 5) is 12.8. The van der Waals surface area contributed by atoms with E-state index >= 15 is 0 Å². The van der Waals surface area contributed by atoms with Crippen LogP contribution < -0.4 is 0 Å². The molecule has 2 aromatic carbocycles. The van der Waals surface area contributed by atoms with Crippen LogP contribution in [0, 0.1) is 6.92 Å². The average Bonchev–Trinajstić information content (AvgIpc) is 2.46. The first kappa shape index (κ1) is 13.8. The van der Waals surface area contributed by atoms with Gasteiger partial charge in [0, 0.05) is 4.90 Å². The number of hydrogen-bond donors (Lipinski definition) is 0. The lowest BCUT2D eigenvalue weighted by Crippen LogP contribution is -2.10. The lowest BCUT2D eigenvalue weighted by atomic mass is 10.1. The van der Waals surface area contributed by atoms with Crippen molar-refractivity contribution in [3.05, 3.63) is 65.7 Å². The Morgan fingerprint density at radius 3 is 2.37 bits per heavy atom. The van der Waals surface area contributed by atoms with Crippen molar-refractivity contribution in [3.8, 4) is 0 Å². The zero-order valence-electron chi connectivity index (χ0n) is 10.7. The van der Waals surface area contributed by atoms with E-state index in [2.05, 4.69) is 0 Å². The third kappa shape index (κ3) is 3.93. The van der Waals surface area contributed by atoms with Crippen molar-refractivity contribution in [1.29, 1.82) is 0 Å². The lowest BCUT2D eigenvalue weighted by molar-refractivity contribution is -0.121. The zero-order chi connectivity index (χ0) is 13.7. The Morgan fingerprint density at radius 1 is 1.11 bits per heavy atom. The number of hydrogen-bond acceptors (Lipinski definition) is 2. The first-order valence-corrected chi connectivity index (χ1v) is 7.06. The third-order valence-corrected chi connectivity index (χ3v) is 3.81. The summed E-state index contributed by atoms with van der Waals surface area (Å²) in [7, 11) is 0. The second-order valence-electron chi connectivity index (χ2n) is 4.34. The molecule has 98 valence electrons. The van der Waals surface area contributed by atoms with Crippen molar-refractivity contribution in [2.75, 3.05) is 5.75 Å². The van der Waals surface area contributed by atoms with Crippen LogP contribution in [0.3, 0.4) is 0 Å². The predicted molar refractivity (Wildman–Crippen MR) is 77.2 cm³/mol. The van der Waals surface area contributed by atoms with Crippen LogP contribution in [-0.4, -0.2) is 11.5 Å². The van der Waals surface area contributed by atoms with E-state index < -0.39 is 12.0 Å². The number of benzene rings is 2. The summed E-state index contributed by atoms with van der Waals surface area (Å²) >= 11 is 1.37. The minimum absolute atomic E-state index is 0.152. The van der Waals surface area contributed by atoms with Crippen molar-refractivity contribution >= 4 is 17.5 Å². The molecule has 19 heavy (non-hydrogen) atoms. The quantitative estimate of drug-likeness (QED) is 0.753. The van der Waals surface area contributed by atoms with E-state index in [1.54, 1.807) is 24.3 Å². The van der Waals surface area contributed by atoms with Crippen LogP contribution in [0.5, 0.6) is 0 Å². The van der Waals surface area contributed by atoms with Crippen molar-refractivity contribution in [1.82, 2.24) is 0 Å². The van der Waals surface area contributed by atoms with Gasteiger partial charge in [-0.15, -0.1) is 11.8 Å². The number of ketones is 1. The molecule has 0 aliphatic carbocycles. The summed E-state index contributed by atoms with van der Waals surface area (Å²) in [5.41, 5.74) is 1.60. The van der Waals surface area contributed by atoms with Gasteiger partial charge in [0.05, 0.1) is 5.75 Å². The number of rotatable bonds is 5. The molecule has 0 spiro atoms. The van der Waals surface area contributed by atoms with Crippen molar-refractivity contribution in [2.45, 2.75) is 18.0 Å². The monoisotopic (exact) mass is 274 g/mol. The van der Waals surface area contributed by atoms with Gasteiger partial charge in [-0.1, -0.05) is 48.0 Å². The molecular formula is C16H15FOS. The molecule has 0 saturated carbocycles. The Morgan fingerprint density at radius 2 is 1.74 bits per heavy atom. The van der Waals surface area contributed by atoms with Crippen LogP contribution in [0.15, 0.2) is 59.5 Å². The number of Topliss-reactive ketones (excluding diaryl/α,β-unsaturated/α-hetero) is 1. The number of alkyl halides is 1. The third-order valence-electron chi connectivity index (χ3n) is 2.78. The molecule has 0 radical (unpaired) electrons. The SMILES string of the molecule is Cc1ccc(SCC(=O)C(F)c2ccccc2)cc1. The highest BCUT2D eigenvalue weighted by Crippen LogP contribution is 2.24. The first-order valence-electron chi connectivity index (χ1n) is 6.08. The number of carbonyl (C=O) groups excluding carboxylic acids is 1. The van der Waals surface area contributed by atoms with Gasteiger partial charge in [-0.05, 0) is 24.6 Å². The van der Waals surface area contributed by atoms with Crippen LogP contribution in [-0.2, 0) is 4.79 Å². The molecule has 1 unspecified atom stereocenters. The molecule has 2 rings (SSSR count). The minimum Gasteiger partial charge on any atom is -0.295 e. The van der Waals surface area contributed by atoms with Gasteiger partial charge in [-0.2, -0.15) is 0 Å². The van der Waals surface area contributed by atoms with Gasteiger partial charge in [0.25, 0.3) is 0 Å². The average molecular weight is 274 g/mol. The summed E-state index contributed by atoms with van der Waals surface area (Å²) in [6, 6.07) is 16.4. The molecule has 0 bridgehead atoms. The van der Waals surface area contributed by atoms with E-state index in [1.165, 1.54) is 17.3 Å². The van der Waals surface area contributed by atoms with E-state index in [0.717, 1.165) is 4.90 Å². The fourth-order valence-corrected chi connectivity index (χ4v) is 2.45. The van der Waals surface area contributed by atoms with Gasteiger partial charge in [0.15, 0.2) is 12.0 Å². The van der Waals surface area contributed by atoms with Crippen LogP contribution in [0.2, 0.25) is 0 Å². The number of aryl methyl sites for hydroxylation is 1. The molecule has 0 aliphatic rings. The second-order valence-corrected chi connectivity index (χ2v) is 5.39. The Hall–Kier alpha value is -1.61. The number of halogens is 1. The largest absolute Gasteiger partial charge is 0.295 e. The maximum Gasteiger partial charge on any atom is 0.184 e. The van der Waals surface area contributed by atoms with E-state index in [4.69, 9.17) is 0 Å². The zero-order valence-corrected chi connectivity index (χ0v) is 11.5. The fraction of sp³-hybridized carbons (Fsp3) is 0.188. The lowest BCUT2D eigenvalue weighted by Gasteiger charge is -2.07. The van der Waals surface area contributed by atoms with E-state index in [1.807, 2.05) is 37.3 Å². The molecular weight excluding hydrogens is 259 g/mol. The van der Waals surface area contributed by atoms with Gasteiger partial charge >= 0.3 is 0 Å². The highest BCUT2D eigenvalue weighted by Gasteiger charge is 2.19. The van der Waals surface area contributed by atoms with E-state index in [9.17, 15) is 9.18 Å². The van der Waals surface area contributed by atoms with Crippen molar-refractivity contribution in [3.63, 3.8) is 0 Å². The van der Waals surface area contributed by atoms with Crippen molar-refractivity contribution in [2.24, 2.45) is 0 Å². The minimum atomic E-state index is -1.53. The van der Waals surface area contributed by atoms with Gasteiger partial charge < -0.3 is 0 Å². The van der Waals surface area contributed by atoms with Gasteiger partial charge in [0.2, 0.25) is 0 Å². The Kier molecular flexibility index (Phi) is 4.74. The Labute approximate surface area is 116 Å². The summed E-state index contributed by atoms with van der Waals surface area (Å²) in [6.45, 7) is 2.01. The highest BCUT2D eigenvalue weighted by atomic mass is 32.2. The summed E-state index contributed by atoms with van der Waals surface area (Å²) in [5, 5.41) is 0. The maximum absolute atomic E-state index is 13.9. The van der Waals surface area contributed by atoms with Crippen LogP contribution in [0.4, 0.5) is 4.39 Å².